The molecule has 0 amide bonds. The first kappa shape index (κ1) is 16.0. The van der Waals surface area contributed by atoms with Crippen molar-refractivity contribution in [2.75, 3.05) is 13.7 Å². The predicted octanol–water partition coefficient (Wildman–Crippen LogP) is 3.79. The van der Waals surface area contributed by atoms with Crippen LogP contribution in [0.5, 0.6) is 5.75 Å². The highest BCUT2D eigenvalue weighted by Crippen LogP contribution is 2.22. The lowest BCUT2D eigenvalue weighted by atomic mass is 9.99. The van der Waals surface area contributed by atoms with Gasteiger partial charge in [0.2, 0.25) is 0 Å². The van der Waals surface area contributed by atoms with Crippen molar-refractivity contribution in [3.8, 4) is 5.75 Å². The molecule has 1 atom stereocenters. The Morgan fingerprint density at radius 2 is 2.00 bits per heavy atom. The fraction of sp³-hybridized carbons (Fsp3) is 0.625. The Morgan fingerprint density at radius 1 is 1.32 bits per heavy atom. The number of aryl methyl sites for hydroxylation is 1. The molecule has 1 N–H and O–H groups in total. The average molecular weight is 267 g/mol. The fourth-order valence-corrected chi connectivity index (χ4v) is 1.89. The first-order chi connectivity index (χ1) is 8.83. The summed E-state index contributed by atoms with van der Waals surface area (Å²) in [6.45, 7) is 9.61. The van der Waals surface area contributed by atoms with E-state index < -0.39 is 0 Å². The second kappa shape index (κ2) is 6.90. The zero-order valence-corrected chi connectivity index (χ0v) is 12.7. The third-order valence-corrected chi connectivity index (χ3v) is 3.15. The van der Waals surface area contributed by atoms with Gasteiger partial charge in [0.05, 0.1) is 7.11 Å². The molecule has 0 bridgehead atoms. The normalized spacial score (nSPS) is 13.4. The second-order valence-corrected chi connectivity index (χ2v) is 6.21. The minimum absolute atomic E-state index is 0.134. The number of nitrogens with one attached hydrogen (secondary N) is 1. The quantitative estimate of drug-likeness (QED) is 0.846. The van der Waals surface area contributed by atoms with Gasteiger partial charge < -0.3 is 10.1 Å². The Labute approximate surface area is 116 Å². The van der Waals surface area contributed by atoms with Crippen molar-refractivity contribution in [1.29, 1.82) is 0 Å². The van der Waals surface area contributed by atoms with E-state index in [2.05, 4.69) is 33.0 Å². The van der Waals surface area contributed by atoms with Gasteiger partial charge in [-0.15, -0.1) is 0 Å². The Hall–Kier alpha value is -1.09. The molecule has 0 heterocycles. The van der Waals surface area contributed by atoms with E-state index in [4.69, 9.17) is 4.74 Å². The van der Waals surface area contributed by atoms with E-state index in [0.29, 0.717) is 11.7 Å². The molecule has 0 saturated carbocycles. The number of benzene rings is 1. The molecule has 0 aromatic heterocycles. The van der Waals surface area contributed by atoms with E-state index in [-0.39, 0.29) is 11.4 Å². The van der Waals surface area contributed by atoms with Crippen LogP contribution in [-0.2, 0) is 6.42 Å². The monoisotopic (exact) mass is 267 g/mol. The third kappa shape index (κ3) is 5.60. The zero-order valence-electron chi connectivity index (χ0n) is 12.7. The molecule has 0 saturated heterocycles. The number of methoxy groups -OCH3 is 1. The van der Waals surface area contributed by atoms with Crippen LogP contribution >= 0.6 is 0 Å². The van der Waals surface area contributed by atoms with Crippen LogP contribution in [0.15, 0.2) is 18.2 Å². The summed E-state index contributed by atoms with van der Waals surface area (Å²) in [5.74, 6) is 0.628. The van der Waals surface area contributed by atoms with Crippen molar-refractivity contribution in [2.24, 2.45) is 5.92 Å². The molecule has 0 fully saturated rings. The third-order valence-electron chi connectivity index (χ3n) is 3.15. The van der Waals surface area contributed by atoms with Crippen LogP contribution in [0.2, 0.25) is 0 Å². The standard InChI is InChI=1S/C16H26FNO/c1-12(11-18-16(2,3)4)9-10-13-7-6-8-14(19-5)15(13)17/h6-8,12,18H,9-11H2,1-5H3. The molecule has 0 aliphatic rings. The summed E-state index contributed by atoms with van der Waals surface area (Å²) in [5, 5.41) is 3.48. The Morgan fingerprint density at radius 3 is 2.58 bits per heavy atom. The van der Waals surface area contributed by atoms with Gasteiger partial charge >= 0.3 is 0 Å². The predicted molar refractivity (Wildman–Crippen MR) is 78.2 cm³/mol. The van der Waals surface area contributed by atoms with Crippen LogP contribution in [0.1, 0.15) is 39.7 Å². The van der Waals surface area contributed by atoms with Crippen molar-refractivity contribution >= 4 is 0 Å². The molecule has 0 spiro atoms. The molecule has 3 heteroatoms. The van der Waals surface area contributed by atoms with Crippen LogP contribution < -0.4 is 10.1 Å². The summed E-state index contributed by atoms with van der Waals surface area (Å²) >= 11 is 0. The summed E-state index contributed by atoms with van der Waals surface area (Å²) in [4.78, 5) is 0. The zero-order chi connectivity index (χ0) is 14.5. The van der Waals surface area contributed by atoms with Crippen LogP contribution in [0.25, 0.3) is 0 Å². The second-order valence-electron chi connectivity index (χ2n) is 6.21. The Balaban J connectivity index is 2.48. The lowest BCUT2D eigenvalue weighted by Gasteiger charge is -2.23. The summed E-state index contributed by atoms with van der Waals surface area (Å²) in [6, 6.07) is 5.33. The van der Waals surface area contributed by atoms with E-state index in [1.54, 1.807) is 6.07 Å². The maximum Gasteiger partial charge on any atom is 0.168 e. The van der Waals surface area contributed by atoms with Crippen molar-refractivity contribution < 1.29 is 9.13 Å². The maximum atomic E-state index is 14.0. The minimum Gasteiger partial charge on any atom is -0.494 e. The molecule has 0 radical (unpaired) electrons. The van der Waals surface area contributed by atoms with E-state index >= 15 is 0 Å². The number of ether oxygens (including phenoxy) is 1. The molecule has 1 aromatic rings. The van der Waals surface area contributed by atoms with Crippen LogP contribution in [0, 0.1) is 11.7 Å². The van der Waals surface area contributed by atoms with Gasteiger partial charge in [-0.05, 0) is 57.7 Å². The van der Waals surface area contributed by atoms with Crippen molar-refractivity contribution in [2.45, 2.75) is 46.1 Å². The molecular weight excluding hydrogens is 241 g/mol. The van der Waals surface area contributed by atoms with Crippen LogP contribution in [0.3, 0.4) is 0 Å². The summed E-state index contributed by atoms with van der Waals surface area (Å²) < 4.78 is 19.0. The number of halogens is 1. The van der Waals surface area contributed by atoms with Crippen LogP contribution in [0.4, 0.5) is 4.39 Å². The fourth-order valence-electron chi connectivity index (χ4n) is 1.89. The van der Waals surface area contributed by atoms with E-state index in [1.165, 1.54) is 7.11 Å². The maximum absolute atomic E-state index is 14.0. The van der Waals surface area contributed by atoms with Crippen molar-refractivity contribution in [3.63, 3.8) is 0 Å². The molecule has 1 unspecified atom stereocenters. The summed E-state index contributed by atoms with van der Waals surface area (Å²) in [6.07, 6.45) is 1.71. The van der Waals surface area contributed by atoms with Gasteiger partial charge in [0.25, 0.3) is 0 Å². The Kier molecular flexibility index (Phi) is 5.80. The van der Waals surface area contributed by atoms with Gasteiger partial charge in [0, 0.05) is 5.54 Å². The number of rotatable bonds is 6. The van der Waals surface area contributed by atoms with Gasteiger partial charge in [0.1, 0.15) is 0 Å². The van der Waals surface area contributed by atoms with Crippen LogP contribution in [-0.4, -0.2) is 19.2 Å². The average Bonchev–Trinajstić information content (AvgIpc) is 2.34. The molecule has 0 aliphatic carbocycles. The molecular formula is C16H26FNO. The highest BCUT2D eigenvalue weighted by molar-refractivity contribution is 5.31. The SMILES string of the molecule is COc1cccc(CCC(C)CNC(C)(C)C)c1F. The number of hydrogen-bond acceptors (Lipinski definition) is 2. The minimum atomic E-state index is -0.221. The molecule has 19 heavy (non-hydrogen) atoms. The summed E-state index contributed by atoms with van der Waals surface area (Å²) in [7, 11) is 1.50. The lowest BCUT2D eigenvalue weighted by molar-refractivity contribution is 0.368. The lowest BCUT2D eigenvalue weighted by Crippen LogP contribution is -2.38. The highest BCUT2D eigenvalue weighted by atomic mass is 19.1. The molecule has 1 aromatic carbocycles. The summed E-state index contributed by atoms with van der Waals surface area (Å²) in [5.41, 5.74) is 0.872. The number of hydrogen-bond donors (Lipinski definition) is 1. The molecule has 108 valence electrons. The topological polar surface area (TPSA) is 21.3 Å². The van der Waals surface area contributed by atoms with Gasteiger partial charge in [-0.3, -0.25) is 0 Å². The van der Waals surface area contributed by atoms with Crippen molar-refractivity contribution in [1.82, 2.24) is 5.32 Å². The first-order valence-electron chi connectivity index (χ1n) is 6.90. The van der Waals surface area contributed by atoms with Gasteiger partial charge in [-0.2, -0.15) is 0 Å². The smallest absolute Gasteiger partial charge is 0.168 e. The Bertz CT molecular complexity index is 398. The molecule has 1 rings (SSSR count). The van der Waals surface area contributed by atoms with E-state index in [0.717, 1.165) is 24.9 Å². The van der Waals surface area contributed by atoms with Gasteiger partial charge in [-0.25, -0.2) is 4.39 Å². The van der Waals surface area contributed by atoms with E-state index in [9.17, 15) is 4.39 Å². The van der Waals surface area contributed by atoms with Gasteiger partial charge in [-0.1, -0.05) is 19.1 Å². The largest absolute Gasteiger partial charge is 0.494 e. The molecule has 0 aliphatic heterocycles. The highest BCUT2D eigenvalue weighted by Gasteiger charge is 2.13. The van der Waals surface area contributed by atoms with Gasteiger partial charge in [0.15, 0.2) is 11.6 Å². The molecule has 2 nitrogen and oxygen atoms in total. The first-order valence-corrected chi connectivity index (χ1v) is 6.90. The van der Waals surface area contributed by atoms with E-state index in [1.807, 2.05) is 12.1 Å². The van der Waals surface area contributed by atoms with Crippen molar-refractivity contribution in [3.05, 3.63) is 29.6 Å².